The Bertz CT molecular complexity index is 283. The van der Waals surface area contributed by atoms with Crippen molar-refractivity contribution in [3.63, 3.8) is 0 Å². The Kier molecular flexibility index (Phi) is 7.35. The van der Waals surface area contributed by atoms with Crippen LogP contribution in [0.15, 0.2) is 0 Å². The summed E-state index contributed by atoms with van der Waals surface area (Å²) in [6.07, 6.45) is 0.465. The molecule has 0 bridgehead atoms. The fourth-order valence-corrected chi connectivity index (χ4v) is 1.34. The lowest BCUT2D eigenvalue weighted by molar-refractivity contribution is -0.147. The van der Waals surface area contributed by atoms with Gasteiger partial charge in [-0.15, -0.1) is 0 Å². The standard InChI is InChI=1S/C12H24N2O4/c1-5-12(3,10(15)16)9-13-11(17)14(6-2)7-8-18-4/h5-9H2,1-4H3,(H,13,17)(H,15,16). The topological polar surface area (TPSA) is 78.9 Å². The monoisotopic (exact) mass is 260 g/mol. The van der Waals surface area contributed by atoms with Crippen LogP contribution in [0.2, 0.25) is 0 Å². The molecular weight excluding hydrogens is 236 g/mol. The highest BCUT2D eigenvalue weighted by molar-refractivity contribution is 5.77. The zero-order valence-corrected chi connectivity index (χ0v) is 11.7. The van der Waals surface area contributed by atoms with Crippen LogP contribution in [0.3, 0.4) is 0 Å². The lowest BCUT2D eigenvalue weighted by atomic mass is 9.88. The van der Waals surface area contributed by atoms with Crippen molar-refractivity contribution >= 4 is 12.0 Å². The maximum Gasteiger partial charge on any atom is 0.317 e. The van der Waals surface area contributed by atoms with Crippen LogP contribution in [0.4, 0.5) is 4.79 Å². The van der Waals surface area contributed by atoms with E-state index in [1.165, 1.54) is 0 Å². The average Bonchev–Trinajstić information content (AvgIpc) is 2.36. The molecule has 0 aliphatic heterocycles. The van der Waals surface area contributed by atoms with Crippen molar-refractivity contribution in [2.45, 2.75) is 27.2 Å². The third-order valence-electron chi connectivity index (χ3n) is 3.16. The van der Waals surface area contributed by atoms with E-state index in [0.717, 1.165) is 0 Å². The normalized spacial score (nSPS) is 13.8. The van der Waals surface area contributed by atoms with Gasteiger partial charge in [-0.25, -0.2) is 4.79 Å². The van der Waals surface area contributed by atoms with Crippen molar-refractivity contribution in [1.29, 1.82) is 0 Å². The van der Waals surface area contributed by atoms with Crippen LogP contribution in [-0.4, -0.2) is 55.4 Å². The number of aliphatic carboxylic acids is 1. The van der Waals surface area contributed by atoms with Crippen molar-refractivity contribution in [2.24, 2.45) is 5.41 Å². The Labute approximate surface area is 108 Å². The number of amides is 2. The third kappa shape index (κ3) is 4.91. The van der Waals surface area contributed by atoms with Crippen molar-refractivity contribution in [3.8, 4) is 0 Å². The summed E-state index contributed by atoms with van der Waals surface area (Å²) in [4.78, 5) is 24.5. The van der Waals surface area contributed by atoms with E-state index in [2.05, 4.69) is 5.32 Å². The molecule has 0 aliphatic rings. The summed E-state index contributed by atoms with van der Waals surface area (Å²) in [6.45, 7) is 6.93. The summed E-state index contributed by atoms with van der Waals surface area (Å²) < 4.78 is 4.91. The van der Waals surface area contributed by atoms with Crippen molar-refractivity contribution in [2.75, 3.05) is 33.4 Å². The van der Waals surface area contributed by atoms with Gasteiger partial charge in [0.25, 0.3) is 0 Å². The van der Waals surface area contributed by atoms with Gasteiger partial charge in [0, 0.05) is 26.7 Å². The number of ether oxygens (including phenoxy) is 1. The molecule has 6 nitrogen and oxygen atoms in total. The Balaban J connectivity index is 4.33. The van der Waals surface area contributed by atoms with Gasteiger partial charge in [-0.3, -0.25) is 4.79 Å². The van der Waals surface area contributed by atoms with E-state index < -0.39 is 11.4 Å². The second-order valence-corrected chi connectivity index (χ2v) is 4.45. The van der Waals surface area contributed by atoms with Crippen LogP contribution in [0.1, 0.15) is 27.2 Å². The number of methoxy groups -OCH3 is 1. The molecule has 0 saturated heterocycles. The van der Waals surface area contributed by atoms with E-state index in [-0.39, 0.29) is 12.6 Å². The van der Waals surface area contributed by atoms with Gasteiger partial charge in [0.1, 0.15) is 0 Å². The summed E-state index contributed by atoms with van der Waals surface area (Å²) in [6, 6.07) is -0.254. The predicted octanol–water partition coefficient (Wildman–Crippen LogP) is 1.17. The van der Waals surface area contributed by atoms with Gasteiger partial charge in [-0.1, -0.05) is 6.92 Å². The van der Waals surface area contributed by atoms with Gasteiger partial charge in [0.2, 0.25) is 0 Å². The van der Waals surface area contributed by atoms with E-state index in [0.29, 0.717) is 26.1 Å². The molecule has 1 atom stereocenters. The largest absolute Gasteiger partial charge is 0.481 e. The molecule has 0 spiro atoms. The van der Waals surface area contributed by atoms with Gasteiger partial charge in [0.05, 0.1) is 12.0 Å². The zero-order valence-electron chi connectivity index (χ0n) is 11.7. The molecular formula is C12H24N2O4. The van der Waals surface area contributed by atoms with Crippen LogP contribution in [0.5, 0.6) is 0 Å². The van der Waals surface area contributed by atoms with E-state index >= 15 is 0 Å². The first-order valence-corrected chi connectivity index (χ1v) is 6.16. The van der Waals surface area contributed by atoms with Gasteiger partial charge >= 0.3 is 12.0 Å². The number of nitrogens with one attached hydrogen (secondary N) is 1. The molecule has 18 heavy (non-hydrogen) atoms. The van der Waals surface area contributed by atoms with Gasteiger partial charge < -0.3 is 20.1 Å². The molecule has 0 heterocycles. The van der Waals surface area contributed by atoms with Crippen molar-refractivity contribution < 1.29 is 19.4 Å². The summed E-state index contributed by atoms with van der Waals surface area (Å²) in [5.41, 5.74) is -0.920. The molecule has 0 aromatic carbocycles. The van der Waals surface area contributed by atoms with Crippen LogP contribution in [-0.2, 0) is 9.53 Å². The van der Waals surface area contributed by atoms with E-state index in [1.54, 1.807) is 25.9 Å². The molecule has 0 radical (unpaired) electrons. The predicted molar refractivity (Wildman–Crippen MR) is 68.6 cm³/mol. The molecule has 0 saturated carbocycles. The fourth-order valence-electron chi connectivity index (χ4n) is 1.34. The first-order chi connectivity index (χ1) is 8.41. The number of carbonyl (C=O) groups excluding carboxylic acids is 1. The second kappa shape index (κ2) is 7.92. The molecule has 106 valence electrons. The number of likely N-dealkylation sites (N-methyl/N-ethyl adjacent to an activating group) is 1. The number of urea groups is 1. The first-order valence-electron chi connectivity index (χ1n) is 6.16. The zero-order chi connectivity index (χ0) is 14.2. The van der Waals surface area contributed by atoms with Crippen LogP contribution < -0.4 is 5.32 Å². The quantitative estimate of drug-likeness (QED) is 0.686. The summed E-state index contributed by atoms with van der Waals surface area (Å²) in [5, 5.41) is 11.8. The molecule has 0 aromatic heterocycles. The van der Waals surface area contributed by atoms with Crippen molar-refractivity contribution in [1.82, 2.24) is 10.2 Å². The molecule has 0 fully saturated rings. The highest BCUT2D eigenvalue weighted by Gasteiger charge is 2.31. The number of hydrogen-bond donors (Lipinski definition) is 2. The highest BCUT2D eigenvalue weighted by Crippen LogP contribution is 2.19. The summed E-state index contributed by atoms with van der Waals surface area (Å²) >= 11 is 0. The molecule has 0 aliphatic carbocycles. The first kappa shape index (κ1) is 16.7. The molecule has 6 heteroatoms. The van der Waals surface area contributed by atoms with Gasteiger partial charge in [0.15, 0.2) is 0 Å². The highest BCUT2D eigenvalue weighted by atomic mass is 16.5. The van der Waals surface area contributed by atoms with E-state index in [4.69, 9.17) is 9.84 Å². The number of hydrogen-bond acceptors (Lipinski definition) is 3. The molecule has 1 unspecified atom stereocenters. The Morgan fingerprint density at radius 1 is 1.39 bits per heavy atom. The molecule has 2 amide bonds. The van der Waals surface area contributed by atoms with Gasteiger partial charge in [-0.05, 0) is 20.3 Å². The number of rotatable bonds is 8. The number of carbonyl (C=O) groups is 2. The average molecular weight is 260 g/mol. The fraction of sp³-hybridized carbons (Fsp3) is 0.833. The number of carboxylic acid groups (broad SMARTS) is 1. The summed E-state index contributed by atoms with van der Waals surface area (Å²) in [5.74, 6) is -0.898. The van der Waals surface area contributed by atoms with Crippen molar-refractivity contribution in [3.05, 3.63) is 0 Å². The van der Waals surface area contributed by atoms with E-state index in [9.17, 15) is 9.59 Å². The molecule has 2 N–H and O–H groups in total. The Hall–Kier alpha value is -1.30. The lowest BCUT2D eigenvalue weighted by Gasteiger charge is -2.26. The minimum Gasteiger partial charge on any atom is -0.481 e. The second-order valence-electron chi connectivity index (χ2n) is 4.45. The summed E-state index contributed by atoms with van der Waals surface area (Å²) in [7, 11) is 1.57. The van der Waals surface area contributed by atoms with Crippen LogP contribution >= 0.6 is 0 Å². The van der Waals surface area contributed by atoms with E-state index in [1.807, 2.05) is 6.92 Å². The Morgan fingerprint density at radius 3 is 2.39 bits per heavy atom. The van der Waals surface area contributed by atoms with Gasteiger partial charge in [-0.2, -0.15) is 0 Å². The maximum atomic E-state index is 11.8. The lowest BCUT2D eigenvalue weighted by Crippen LogP contribution is -2.47. The minimum atomic E-state index is -0.920. The number of nitrogens with zero attached hydrogens (tertiary/aromatic N) is 1. The minimum absolute atomic E-state index is 0.126. The van der Waals surface area contributed by atoms with Crippen LogP contribution in [0, 0.1) is 5.41 Å². The molecule has 0 rings (SSSR count). The number of carboxylic acids is 1. The maximum absolute atomic E-state index is 11.8. The molecule has 0 aromatic rings. The Morgan fingerprint density at radius 2 is 2.00 bits per heavy atom. The van der Waals surface area contributed by atoms with Crippen LogP contribution in [0.25, 0.3) is 0 Å². The SMILES string of the molecule is CCN(CCOC)C(=O)NCC(C)(CC)C(=O)O. The third-order valence-corrected chi connectivity index (χ3v) is 3.16. The smallest absolute Gasteiger partial charge is 0.317 e.